The summed E-state index contributed by atoms with van der Waals surface area (Å²) in [4.78, 5) is 22.0. The van der Waals surface area contributed by atoms with Crippen molar-refractivity contribution in [1.29, 1.82) is 10.8 Å². The van der Waals surface area contributed by atoms with Crippen LogP contribution in [0.25, 0.3) is 0 Å². The molecule has 0 saturated heterocycles. The quantitative estimate of drug-likeness (QED) is 0.468. The largest absolute Gasteiger partial charge is 0.370 e. The molecule has 1 fully saturated rings. The SMILES string of the molecule is N=C1CCC(=N)C1(CC(N)=O)C(N)=O. The van der Waals surface area contributed by atoms with Crippen LogP contribution in [-0.2, 0) is 9.59 Å². The first kappa shape index (κ1) is 10.4. The Balaban J connectivity index is 3.14. The molecule has 1 aliphatic carbocycles. The number of primary amides is 2. The molecule has 0 atom stereocenters. The minimum Gasteiger partial charge on any atom is -0.370 e. The summed E-state index contributed by atoms with van der Waals surface area (Å²) >= 11 is 0. The smallest absolute Gasteiger partial charge is 0.235 e. The first-order valence-corrected chi connectivity index (χ1v) is 4.15. The fourth-order valence-electron chi connectivity index (χ4n) is 1.72. The van der Waals surface area contributed by atoms with Crippen molar-refractivity contribution in [2.75, 3.05) is 0 Å². The fraction of sp³-hybridized carbons (Fsp3) is 0.500. The number of amides is 2. The zero-order chi connectivity index (χ0) is 10.9. The number of rotatable bonds is 3. The van der Waals surface area contributed by atoms with Gasteiger partial charge >= 0.3 is 0 Å². The summed E-state index contributed by atoms with van der Waals surface area (Å²) in [5.74, 6) is -1.55. The molecule has 1 aliphatic rings. The van der Waals surface area contributed by atoms with E-state index in [1.165, 1.54) is 0 Å². The Kier molecular flexibility index (Phi) is 2.37. The highest BCUT2D eigenvalue weighted by Gasteiger charge is 2.50. The molecular formula is C8H12N4O2. The minimum atomic E-state index is -1.54. The lowest BCUT2D eigenvalue weighted by atomic mass is 9.79. The normalized spacial score (nSPS) is 26.6. The third kappa shape index (κ3) is 1.28. The fourth-order valence-corrected chi connectivity index (χ4v) is 1.72. The van der Waals surface area contributed by atoms with Gasteiger partial charge < -0.3 is 22.3 Å². The van der Waals surface area contributed by atoms with Gasteiger partial charge in [-0.1, -0.05) is 0 Å². The van der Waals surface area contributed by atoms with Crippen LogP contribution in [-0.4, -0.2) is 23.2 Å². The molecule has 0 heterocycles. The van der Waals surface area contributed by atoms with Crippen molar-refractivity contribution in [1.82, 2.24) is 0 Å². The zero-order valence-electron chi connectivity index (χ0n) is 7.59. The van der Waals surface area contributed by atoms with Gasteiger partial charge in [0.1, 0.15) is 5.41 Å². The van der Waals surface area contributed by atoms with Crippen LogP contribution in [0.15, 0.2) is 0 Å². The van der Waals surface area contributed by atoms with Crippen molar-refractivity contribution in [2.24, 2.45) is 16.9 Å². The Morgan fingerprint density at radius 1 is 1.21 bits per heavy atom. The van der Waals surface area contributed by atoms with Crippen LogP contribution in [0.1, 0.15) is 19.3 Å². The van der Waals surface area contributed by atoms with Crippen LogP contribution in [0.2, 0.25) is 0 Å². The minimum absolute atomic E-state index is 0.0220. The molecular weight excluding hydrogens is 184 g/mol. The van der Waals surface area contributed by atoms with Gasteiger partial charge in [0.15, 0.2) is 0 Å². The van der Waals surface area contributed by atoms with Gasteiger partial charge in [0.05, 0.1) is 6.42 Å². The lowest BCUT2D eigenvalue weighted by Gasteiger charge is -2.23. The van der Waals surface area contributed by atoms with Crippen LogP contribution in [0.3, 0.4) is 0 Å². The summed E-state index contributed by atoms with van der Waals surface area (Å²) in [6.07, 6.45) is 0.240. The van der Waals surface area contributed by atoms with E-state index in [9.17, 15) is 9.59 Å². The number of nitrogens with two attached hydrogens (primary N) is 2. The van der Waals surface area contributed by atoms with Crippen LogP contribution in [0.4, 0.5) is 0 Å². The van der Waals surface area contributed by atoms with Crippen molar-refractivity contribution in [3.8, 4) is 0 Å². The highest BCUT2D eigenvalue weighted by molar-refractivity contribution is 6.30. The summed E-state index contributed by atoms with van der Waals surface area (Å²) in [5.41, 5.74) is 8.62. The van der Waals surface area contributed by atoms with E-state index in [-0.39, 0.29) is 17.8 Å². The molecule has 14 heavy (non-hydrogen) atoms. The summed E-state index contributed by atoms with van der Waals surface area (Å²) in [5, 5.41) is 15.1. The summed E-state index contributed by atoms with van der Waals surface area (Å²) in [7, 11) is 0. The maximum Gasteiger partial charge on any atom is 0.235 e. The van der Waals surface area contributed by atoms with Crippen molar-refractivity contribution >= 4 is 23.2 Å². The van der Waals surface area contributed by atoms with Gasteiger partial charge in [-0.25, -0.2) is 0 Å². The molecule has 0 bridgehead atoms. The van der Waals surface area contributed by atoms with Gasteiger partial charge in [-0.15, -0.1) is 0 Å². The first-order chi connectivity index (χ1) is 6.41. The molecule has 76 valence electrons. The maximum atomic E-state index is 11.2. The number of nitrogens with one attached hydrogen (secondary N) is 2. The second kappa shape index (κ2) is 3.21. The molecule has 0 aromatic heterocycles. The van der Waals surface area contributed by atoms with Gasteiger partial charge in [0.25, 0.3) is 0 Å². The highest BCUT2D eigenvalue weighted by Crippen LogP contribution is 2.34. The first-order valence-electron chi connectivity index (χ1n) is 4.15. The van der Waals surface area contributed by atoms with Crippen LogP contribution in [0, 0.1) is 16.2 Å². The van der Waals surface area contributed by atoms with Gasteiger partial charge in [0.2, 0.25) is 11.8 Å². The Bertz CT molecular complexity index is 318. The average molecular weight is 196 g/mol. The van der Waals surface area contributed by atoms with Crippen LogP contribution >= 0.6 is 0 Å². The standard InChI is InChI=1S/C8H12N4O2/c9-4-1-2-5(10)8(4,7(12)14)3-6(11)13/h9-10H,1-3H2,(H2,11,13)(H2,12,14). The second-order valence-corrected chi connectivity index (χ2v) is 3.37. The monoisotopic (exact) mass is 196 g/mol. The molecule has 6 heteroatoms. The van der Waals surface area contributed by atoms with Crippen molar-refractivity contribution in [3.63, 3.8) is 0 Å². The predicted molar refractivity (Wildman–Crippen MR) is 50.1 cm³/mol. The molecule has 6 nitrogen and oxygen atoms in total. The van der Waals surface area contributed by atoms with E-state index in [1.807, 2.05) is 0 Å². The van der Waals surface area contributed by atoms with Crippen LogP contribution < -0.4 is 11.5 Å². The van der Waals surface area contributed by atoms with E-state index < -0.39 is 17.2 Å². The molecule has 0 radical (unpaired) electrons. The number of hydrogen-bond acceptors (Lipinski definition) is 4. The Morgan fingerprint density at radius 2 is 1.64 bits per heavy atom. The third-order valence-corrected chi connectivity index (χ3v) is 2.52. The van der Waals surface area contributed by atoms with E-state index in [4.69, 9.17) is 22.3 Å². The maximum absolute atomic E-state index is 11.2. The van der Waals surface area contributed by atoms with Gasteiger partial charge in [-0.2, -0.15) is 0 Å². The van der Waals surface area contributed by atoms with E-state index in [1.54, 1.807) is 0 Å². The van der Waals surface area contributed by atoms with E-state index in [0.717, 1.165) is 0 Å². The molecule has 0 unspecified atom stereocenters. The molecule has 2 amide bonds. The van der Waals surface area contributed by atoms with Crippen molar-refractivity contribution in [2.45, 2.75) is 19.3 Å². The third-order valence-electron chi connectivity index (χ3n) is 2.52. The van der Waals surface area contributed by atoms with Gasteiger partial charge in [-0.05, 0) is 12.8 Å². The van der Waals surface area contributed by atoms with E-state index in [0.29, 0.717) is 12.8 Å². The number of carbonyl (C=O) groups excluding carboxylic acids is 2. The van der Waals surface area contributed by atoms with Crippen LogP contribution in [0.5, 0.6) is 0 Å². The van der Waals surface area contributed by atoms with Crippen molar-refractivity contribution in [3.05, 3.63) is 0 Å². The van der Waals surface area contributed by atoms with E-state index in [2.05, 4.69) is 0 Å². The summed E-state index contributed by atoms with van der Waals surface area (Å²) in [6.45, 7) is 0. The molecule has 0 spiro atoms. The van der Waals surface area contributed by atoms with E-state index >= 15 is 0 Å². The van der Waals surface area contributed by atoms with Gasteiger partial charge in [0, 0.05) is 11.4 Å². The molecule has 0 aromatic rings. The molecule has 1 rings (SSSR count). The molecule has 0 aliphatic heterocycles. The molecule has 1 saturated carbocycles. The molecule has 0 aromatic carbocycles. The Morgan fingerprint density at radius 3 is 1.93 bits per heavy atom. The second-order valence-electron chi connectivity index (χ2n) is 3.37. The number of carbonyl (C=O) groups is 2. The van der Waals surface area contributed by atoms with Gasteiger partial charge in [-0.3, -0.25) is 9.59 Å². The number of hydrogen-bond donors (Lipinski definition) is 4. The lowest BCUT2D eigenvalue weighted by Crippen LogP contribution is -2.47. The predicted octanol–water partition coefficient (Wildman–Crippen LogP) is -0.833. The summed E-state index contributed by atoms with van der Waals surface area (Å²) in [6, 6.07) is 0. The lowest BCUT2D eigenvalue weighted by molar-refractivity contribution is -0.126. The van der Waals surface area contributed by atoms with Crippen molar-refractivity contribution < 1.29 is 9.59 Å². The average Bonchev–Trinajstić information content (AvgIpc) is 2.32. The highest BCUT2D eigenvalue weighted by atomic mass is 16.2. The zero-order valence-corrected chi connectivity index (χ0v) is 7.59. The summed E-state index contributed by atoms with van der Waals surface area (Å²) < 4.78 is 0. The topological polar surface area (TPSA) is 134 Å². The molecule has 6 N–H and O–H groups in total. The Hall–Kier alpha value is -1.72. The Labute approximate surface area is 80.7 Å².